The van der Waals surface area contributed by atoms with Crippen molar-refractivity contribution < 1.29 is 4.79 Å². The molecule has 3 nitrogen and oxygen atoms in total. The largest absolute Gasteiger partial charge is 0.342 e. The third kappa shape index (κ3) is 6.37. The van der Waals surface area contributed by atoms with Crippen molar-refractivity contribution in [2.24, 2.45) is 5.92 Å². The van der Waals surface area contributed by atoms with Crippen molar-refractivity contribution >= 4 is 41.7 Å². The standard InChI is InChI=1S/C16H23ClN2OS.ClH/c1-2-18-11-13-7-9-19(10-8-13)16(20)12-21-15-5-3-14(17)4-6-15;/h3-6,13,18H,2,7-12H2,1H3;1H. The van der Waals surface area contributed by atoms with Gasteiger partial charge in [0.05, 0.1) is 5.75 Å². The topological polar surface area (TPSA) is 32.3 Å². The van der Waals surface area contributed by atoms with Gasteiger partial charge < -0.3 is 10.2 Å². The Balaban J connectivity index is 0.00000242. The maximum Gasteiger partial charge on any atom is 0.232 e. The second-order valence-electron chi connectivity index (χ2n) is 5.37. The Kier molecular flexibility index (Phi) is 9.25. The van der Waals surface area contributed by atoms with Gasteiger partial charge in [0, 0.05) is 23.0 Å². The van der Waals surface area contributed by atoms with Crippen LogP contribution in [0.5, 0.6) is 0 Å². The molecule has 0 radical (unpaired) electrons. The molecule has 1 heterocycles. The maximum absolute atomic E-state index is 12.2. The second kappa shape index (κ2) is 10.4. The van der Waals surface area contributed by atoms with E-state index in [0.29, 0.717) is 5.75 Å². The van der Waals surface area contributed by atoms with Crippen LogP contribution in [0.25, 0.3) is 0 Å². The van der Waals surface area contributed by atoms with Crippen molar-refractivity contribution in [2.45, 2.75) is 24.7 Å². The number of likely N-dealkylation sites (tertiary alicyclic amines) is 1. The number of carbonyl (C=O) groups is 1. The van der Waals surface area contributed by atoms with Crippen molar-refractivity contribution in [1.29, 1.82) is 0 Å². The van der Waals surface area contributed by atoms with Gasteiger partial charge in [-0.25, -0.2) is 0 Å². The summed E-state index contributed by atoms with van der Waals surface area (Å²) >= 11 is 7.44. The zero-order chi connectivity index (χ0) is 15.1. The first-order valence-electron chi connectivity index (χ1n) is 7.56. The van der Waals surface area contributed by atoms with Crippen LogP contribution in [0.4, 0.5) is 0 Å². The molecule has 1 amide bonds. The van der Waals surface area contributed by atoms with E-state index >= 15 is 0 Å². The number of amides is 1. The molecule has 1 aromatic rings. The number of benzene rings is 1. The molecule has 2 rings (SSSR count). The van der Waals surface area contributed by atoms with Crippen LogP contribution < -0.4 is 5.32 Å². The van der Waals surface area contributed by atoms with E-state index in [1.54, 1.807) is 11.8 Å². The summed E-state index contributed by atoms with van der Waals surface area (Å²) in [7, 11) is 0. The molecule has 0 aliphatic carbocycles. The summed E-state index contributed by atoms with van der Waals surface area (Å²) in [5.41, 5.74) is 0. The number of carbonyl (C=O) groups excluding carboxylic acids is 1. The number of thioether (sulfide) groups is 1. The van der Waals surface area contributed by atoms with Crippen LogP contribution in [0.15, 0.2) is 29.2 Å². The zero-order valence-electron chi connectivity index (χ0n) is 12.9. The molecule has 6 heteroatoms. The summed E-state index contributed by atoms with van der Waals surface area (Å²) in [6.45, 7) is 6.04. The lowest BCUT2D eigenvalue weighted by Crippen LogP contribution is -2.41. The lowest BCUT2D eigenvalue weighted by atomic mass is 9.97. The van der Waals surface area contributed by atoms with E-state index in [1.165, 1.54) is 0 Å². The number of rotatable bonds is 6. The Labute approximate surface area is 148 Å². The van der Waals surface area contributed by atoms with Crippen molar-refractivity contribution in [1.82, 2.24) is 10.2 Å². The molecule has 0 atom stereocenters. The highest BCUT2D eigenvalue weighted by Crippen LogP contribution is 2.22. The van der Waals surface area contributed by atoms with Gasteiger partial charge in [0.15, 0.2) is 0 Å². The first-order valence-corrected chi connectivity index (χ1v) is 8.92. The van der Waals surface area contributed by atoms with Crippen molar-refractivity contribution in [3.63, 3.8) is 0 Å². The highest BCUT2D eigenvalue weighted by Gasteiger charge is 2.22. The summed E-state index contributed by atoms with van der Waals surface area (Å²) in [6, 6.07) is 7.65. The molecular weight excluding hydrogens is 339 g/mol. The summed E-state index contributed by atoms with van der Waals surface area (Å²) in [6.07, 6.45) is 2.23. The summed E-state index contributed by atoms with van der Waals surface area (Å²) in [5, 5.41) is 4.12. The lowest BCUT2D eigenvalue weighted by molar-refractivity contribution is -0.129. The molecule has 22 heavy (non-hydrogen) atoms. The Morgan fingerprint density at radius 2 is 1.95 bits per heavy atom. The van der Waals surface area contributed by atoms with Crippen molar-refractivity contribution in [2.75, 3.05) is 31.9 Å². The average molecular weight is 363 g/mol. The fraction of sp³-hybridized carbons (Fsp3) is 0.562. The lowest BCUT2D eigenvalue weighted by Gasteiger charge is -2.32. The van der Waals surface area contributed by atoms with Gasteiger partial charge >= 0.3 is 0 Å². The molecule has 124 valence electrons. The quantitative estimate of drug-likeness (QED) is 0.783. The Morgan fingerprint density at radius 3 is 2.55 bits per heavy atom. The highest BCUT2D eigenvalue weighted by atomic mass is 35.5. The molecule has 0 unspecified atom stereocenters. The van der Waals surface area contributed by atoms with Gasteiger partial charge in [0.1, 0.15) is 0 Å². The predicted molar refractivity (Wildman–Crippen MR) is 97.3 cm³/mol. The molecular formula is C16H24Cl2N2OS. The van der Waals surface area contributed by atoms with E-state index in [9.17, 15) is 4.79 Å². The molecule has 1 aliphatic rings. The van der Waals surface area contributed by atoms with E-state index in [4.69, 9.17) is 11.6 Å². The minimum Gasteiger partial charge on any atom is -0.342 e. The van der Waals surface area contributed by atoms with Gasteiger partial charge in [-0.15, -0.1) is 24.2 Å². The molecule has 0 aromatic heterocycles. The normalized spacial score (nSPS) is 15.5. The van der Waals surface area contributed by atoms with Crippen LogP contribution >= 0.6 is 35.8 Å². The highest BCUT2D eigenvalue weighted by molar-refractivity contribution is 8.00. The average Bonchev–Trinajstić information content (AvgIpc) is 2.52. The SMILES string of the molecule is CCNCC1CCN(C(=O)CSc2ccc(Cl)cc2)CC1.Cl. The van der Waals surface area contributed by atoms with E-state index in [1.807, 2.05) is 29.2 Å². The fourth-order valence-electron chi connectivity index (χ4n) is 2.50. The zero-order valence-corrected chi connectivity index (χ0v) is 15.3. The van der Waals surface area contributed by atoms with Crippen LogP contribution in [-0.2, 0) is 4.79 Å². The van der Waals surface area contributed by atoms with Gasteiger partial charge in [-0.05, 0) is 56.1 Å². The summed E-state index contributed by atoms with van der Waals surface area (Å²) in [5.74, 6) is 1.48. The van der Waals surface area contributed by atoms with E-state index in [-0.39, 0.29) is 18.3 Å². The molecule has 1 N–H and O–H groups in total. The van der Waals surface area contributed by atoms with Crippen molar-refractivity contribution in [3.8, 4) is 0 Å². The molecule has 1 aromatic carbocycles. The van der Waals surface area contributed by atoms with Gasteiger partial charge in [-0.1, -0.05) is 18.5 Å². The van der Waals surface area contributed by atoms with Crippen LogP contribution in [0.2, 0.25) is 5.02 Å². The van der Waals surface area contributed by atoms with Crippen LogP contribution in [0.3, 0.4) is 0 Å². The molecule has 1 saturated heterocycles. The van der Waals surface area contributed by atoms with Gasteiger partial charge in [-0.2, -0.15) is 0 Å². The number of hydrogen-bond donors (Lipinski definition) is 1. The Hall–Kier alpha value is -0.420. The maximum atomic E-state index is 12.2. The third-order valence-electron chi connectivity index (χ3n) is 3.83. The van der Waals surface area contributed by atoms with Crippen molar-refractivity contribution in [3.05, 3.63) is 29.3 Å². The summed E-state index contributed by atoms with van der Waals surface area (Å²) in [4.78, 5) is 15.3. The fourth-order valence-corrected chi connectivity index (χ4v) is 3.43. The first-order chi connectivity index (χ1) is 10.2. The molecule has 1 fully saturated rings. The smallest absolute Gasteiger partial charge is 0.232 e. The Bertz CT molecular complexity index is 448. The van der Waals surface area contributed by atoms with E-state index < -0.39 is 0 Å². The molecule has 1 aliphatic heterocycles. The number of nitrogens with zero attached hydrogens (tertiary/aromatic N) is 1. The number of piperidine rings is 1. The summed E-state index contributed by atoms with van der Waals surface area (Å²) < 4.78 is 0. The van der Waals surface area contributed by atoms with Gasteiger partial charge in [0.2, 0.25) is 5.91 Å². The van der Waals surface area contributed by atoms with Crippen LogP contribution in [0.1, 0.15) is 19.8 Å². The Morgan fingerprint density at radius 1 is 1.32 bits per heavy atom. The predicted octanol–water partition coefficient (Wildman–Crippen LogP) is 3.70. The molecule has 0 saturated carbocycles. The third-order valence-corrected chi connectivity index (χ3v) is 5.07. The molecule has 0 bridgehead atoms. The van der Waals surface area contributed by atoms with Gasteiger partial charge in [0.25, 0.3) is 0 Å². The molecule has 0 spiro atoms. The minimum absolute atomic E-state index is 0. The van der Waals surface area contributed by atoms with Gasteiger partial charge in [-0.3, -0.25) is 4.79 Å². The number of nitrogens with one attached hydrogen (secondary N) is 1. The number of halogens is 2. The minimum atomic E-state index is 0. The monoisotopic (exact) mass is 362 g/mol. The van der Waals surface area contributed by atoms with Crippen LogP contribution in [0, 0.1) is 5.92 Å². The van der Waals surface area contributed by atoms with E-state index in [2.05, 4.69) is 12.2 Å². The van der Waals surface area contributed by atoms with E-state index in [0.717, 1.165) is 54.9 Å². The number of hydrogen-bond acceptors (Lipinski definition) is 3. The second-order valence-corrected chi connectivity index (χ2v) is 6.86. The first kappa shape index (κ1) is 19.6. The van der Waals surface area contributed by atoms with Crippen LogP contribution in [-0.4, -0.2) is 42.7 Å².